The van der Waals surface area contributed by atoms with Crippen LogP contribution in [0.5, 0.6) is 5.75 Å². The molecule has 5 nitrogen and oxygen atoms in total. The first-order valence-corrected chi connectivity index (χ1v) is 8.42. The first-order chi connectivity index (χ1) is 11.7. The predicted octanol–water partition coefficient (Wildman–Crippen LogP) is 3.79. The van der Waals surface area contributed by atoms with Crippen LogP contribution < -0.4 is 10.1 Å². The first-order valence-electron chi connectivity index (χ1n) is 7.54. The Morgan fingerprint density at radius 2 is 2.04 bits per heavy atom. The summed E-state index contributed by atoms with van der Waals surface area (Å²) in [6.07, 6.45) is 2.74. The fraction of sp³-hybridized carbons (Fsp3) is 0.167. The van der Waals surface area contributed by atoms with Crippen molar-refractivity contribution in [2.24, 2.45) is 0 Å². The van der Waals surface area contributed by atoms with E-state index >= 15 is 0 Å². The molecular weight excluding hydrogens is 322 g/mol. The summed E-state index contributed by atoms with van der Waals surface area (Å²) in [4.78, 5) is 20.9. The smallest absolute Gasteiger partial charge is 0.224 e. The van der Waals surface area contributed by atoms with E-state index < -0.39 is 0 Å². The number of benzene rings is 1. The molecule has 0 aliphatic heterocycles. The second-order valence-corrected chi connectivity index (χ2v) is 5.99. The Bertz CT molecular complexity index is 801. The van der Waals surface area contributed by atoms with Gasteiger partial charge in [-0.05, 0) is 42.8 Å². The van der Waals surface area contributed by atoms with Gasteiger partial charge < -0.3 is 10.1 Å². The van der Waals surface area contributed by atoms with E-state index in [2.05, 4.69) is 15.3 Å². The number of ether oxygens (including phenoxy) is 1. The standard InChI is InChI=1S/C18H17N3O2S/c1-23-15-8-5-13(6-9-15)20-17(22)10-7-14-12-24-18(21-14)16-4-2-3-11-19-16/h2-6,8-9,11-12H,7,10H2,1H3,(H,20,22). The van der Waals surface area contributed by atoms with Gasteiger partial charge in [0.05, 0.1) is 18.5 Å². The lowest BCUT2D eigenvalue weighted by atomic mass is 10.2. The fourth-order valence-electron chi connectivity index (χ4n) is 2.17. The molecule has 2 aromatic heterocycles. The van der Waals surface area contributed by atoms with Crippen LogP contribution in [-0.2, 0) is 11.2 Å². The molecule has 0 saturated heterocycles. The Kier molecular flexibility index (Phi) is 5.18. The molecular formula is C18H17N3O2S. The SMILES string of the molecule is COc1ccc(NC(=O)CCc2csc(-c3ccccn3)n2)cc1. The number of nitrogens with zero attached hydrogens (tertiary/aromatic N) is 2. The second kappa shape index (κ2) is 7.70. The van der Waals surface area contributed by atoms with E-state index in [0.717, 1.165) is 27.8 Å². The summed E-state index contributed by atoms with van der Waals surface area (Å²) in [5.74, 6) is 0.727. The molecule has 0 aliphatic carbocycles. The Labute approximate surface area is 144 Å². The molecule has 2 heterocycles. The van der Waals surface area contributed by atoms with Gasteiger partial charge in [0.25, 0.3) is 0 Å². The zero-order valence-corrected chi connectivity index (χ0v) is 14.0. The van der Waals surface area contributed by atoms with Crippen LogP contribution in [0.2, 0.25) is 0 Å². The number of methoxy groups -OCH3 is 1. The number of hydrogen-bond acceptors (Lipinski definition) is 5. The van der Waals surface area contributed by atoms with Crippen LogP contribution in [-0.4, -0.2) is 23.0 Å². The number of rotatable bonds is 6. The van der Waals surface area contributed by atoms with Crippen LogP contribution in [0.1, 0.15) is 12.1 Å². The number of carbonyl (C=O) groups excluding carboxylic acids is 1. The molecule has 3 aromatic rings. The fourth-order valence-corrected chi connectivity index (χ4v) is 3.00. The molecule has 0 fully saturated rings. The minimum atomic E-state index is -0.0347. The number of aryl methyl sites for hydroxylation is 1. The van der Waals surface area contributed by atoms with Crippen molar-refractivity contribution in [3.05, 3.63) is 59.7 Å². The van der Waals surface area contributed by atoms with Crippen molar-refractivity contribution in [2.75, 3.05) is 12.4 Å². The van der Waals surface area contributed by atoms with Crippen molar-refractivity contribution in [3.8, 4) is 16.5 Å². The topological polar surface area (TPSA) is 64.1 Å². The molecule has 1 aromatic carbocycles. The lowest BCUT2D eigenvalue weighted by Crippen LogP contribution is -2.12. The van der Waals surface area contributed by atoms with Crippen molar-refractivity contribution in [1.29, 1.82) is 0 Å². The summed E-state index contributed by atoms with van der Waals surface area (Å²) >= 11 is 1.54. The minimum absolute atomic E-state index is 0.0347. The number of aromatic nitrogens is 2. The summed E-state index contributed by atoms with van der Waals surface area (Å²) in [7, 11) is 1.61. The van der Waals surface area contributed by atoms with Crippen molar-refractivity contribution in [1.82, 2.24) is 9.97 Å². The lowest BCUT2D eigenvalue weighted by molar-refractivity contribution is -0.116. The molecule has 0 aliphatic rings. The summed E-state index contributed by atoms with van der Waals surface area (Å²) in [5, 5.41) is 5.72. The Morgan fingerprint density at radius 1 is 1.21 bits per heavy atom. The van der Waals surface area contributed by atoms with Gasteiger partial charge in [-0.1, -0.05) is 6.07 Å². The molecule has 0 bridgehead atoms. The number of hydrogen-bond donors (Lipinski definition) is 1. The van der Waals surface area contributed by atoms with Crippen LogP contribution in [0.4, 0.5) is 5.69 Å². The Hall–Kier alpha value is -2.73. The number of anilines is 1. The maximum atomic E-state index is 12.0. The van der Waals surface area contributed by atoms with Crippen LogP contribution in [0.15, 0.2) is 54.0 Å². The van der Waals surface area contributed by atoms with Gasteiger partial charge in [0, 0.05) is 23.7 Å². The molecule has 6 heteroatoms. The van der Waals surface area contributed by atoms with Crippen LogP contribution in [0.3, 0.4) is 0 Å². The third kappa shape index (κ3) is 4.17. The Morgan fingerprint density at radius 3 is 2.75 bits per heavy atom. The van der Waals surface area contributed by atoms with Crippen LogP contribution in [0.25, 0.3) is 10.7 Å². The number of pyridine rings is 1. The van der Waals surface area contributed by atoms with Crippen molar-refractivity contribution >= 4 is 22.9 Å². The van der Waals surface area contributed by atoms with Gasteiger partial charge in [-0.15, -0.1) is 11.3 Å². The normalized spacial score (nSPS) is 10.4. The highest BCUT2D eigenvalue weighted by atomic mass is 32.1. The third-order valence-electron chi connectivity index (χ3n) is 3.42. The summed E-state index contributed by atoms with van der Waals surface area (Å²) in [5.41, 5.74) is 2.52. The summed E-state index contributed by atoms with van der Waals surface area (Å²) in [6, 6.07) is 13.0. The van der Waals surface area contributed by atoms with Crippen molar-refractivity contribution in [3.63, 3.8) is 0 Å². The maximum absolute atomic E-state index is 12.0. The van der Waals surface area contributed by atoms with Crippen molar-refractivity contribution in [2.45, 2.75) is 12.8 Å². The van der Waals surface area contributed by atoms with Gasteiger partial charge in [-0.3, -0.25) is 9.78 Å². The first kappa shape index (κ1) is 16.1. The second-order valence-electron chi connectivity index (χ2n) is 5.14. The molecule has 0 spiro atoms. The van der Waals surface area contributed by atoms with E-state index in [1.807, 2.05) is 47.8 Å². The Balaban J connectivity index is 1.53. The molecule has 0 saturated carbocycles. The lowest BCUT2D eigenvalue weighted by Gasteiger charge is -2.05. The average Bonchev–Trinajstić information content (AvgIpc) is 3.10. The highest BCUT2D eigenvalue weighted by molar-refractivity contribution is 7.13. The number of carbonyl (C=O) groups is 1. The predicted molar refractivity (Wildman–Crippen MR) is 95.3 cm³/mol. The number of amides is 1. The van der Waals surface area contributed by atoms with E-state index in [4.69, 9.17) is 4.74 Å². The average molecular weight is 339 g/mol. The van der Waals surface area contributed by atoms with E-state index in [-0.39, 0.29) is 5.91 Å². The highest BCUT2D eigenvalue weighted by Crippen LogP contribution is 2.22. The molecule has 0 unspecified atom stereocenters. The van der Waals surface area contributed by atoms with Crippen LogP contribution in [0, 0.1) is 0 Å². The molecule has 0 atom stereocenters. The molecule has 0 radical (unpaired) electrons. The van der Waals surface area contributed by atoms with Gasteiger partial charge in [0.2, 0.25) is 5.91 Å². The van der Waals surface area contributed by atoms with Gasteiger partial charge in [-0.2, -0.15) is 0 Å². The van der Waals surface area contributed by atoms with Gasteiger partial charge >= 0.3 is 0 Å². The van der Waals surface area contributed by atoms with Gasteiger partial charge in [-0.25, -0.2) is 4.98 Å². The molecule has 3 rings (SSSR count). The quantitative estimate of drug-likeness (QED) is 0.742. The van der Waals surface area contributed by atoms with E-state index in [1.165, 1.54) is 0 Å². The van der Waals surface area contributed by atoms with Gasteiger partial charge in [0.15, 0.2) is 0 Å². The molecule has 1 N–H and O–H groups in total. The number of thiazole rings is 1. The van der Waals surface area contributed by atoms with E-state index in [1.54, 1.807) is 24.6 Å². The highest BCUT2D eigenvalue weighted by Gasteiger charge is 2.08. The summed E-state index contributed by atoms with van der Waals surface area (Å²) in [6.45, 7) is 0. The zero-order chi connectivity index (χ0) is 16.8. The zero-order valence-electron chi connectivity index (χ0n) is 13.2. The summed E-state index contributed by atoms with van der Waals surface area (Å²) < 4.78 is 5.09. The van der Waals surface area contributed by atoms with Crippen LogP contribution >= 0.6 is 11.3 Å². The van der Waals surface area contributed by atoms with E-state index in [0.29, 0.717) is 12.8 Å². The van der Waals surface area contributed by atoms with E-state index in [9.17, 15) is 4.79 Å². The largest absolute Gasteiger partial charge is 0.497 e. The molecule has 1 amide bonds. The molecule has 122 valence electrons. The maximum Gasteiger partial charge on any atom is 0.224 e. The third-order valence-corrected chi connectivity index (χ3v) is 4.33. The number of nitrogens with one attached hydrogen (secondary N) is 1. The molecule has 24 heavy (non-hydrogen) atoms. The monoisotopic (exact) mass is 339 g/mol. The minimum Gasteiger partial charge on any atom is -0.497 e. The van der Waals surface area contributed by atoms with Gasteiger partial charge in [0.1, 0.15) is 10.8 Å². The van der Waals surface area contributed by atoms with Crippen molar-refractivity contribution < 1.29 is 9.53 Å².